The number of thioether (sulfide) groups is 1. The summed E-state index contributed by atoms with van der Waals surface area (Å²) >= 11 is 1.35. The third-order valence-corrected chi connectivity index (χ3v) is 4.69. The lowest BCUT2D eigenvalue weighted by molar-refractivity contribution is -0.190. The Labute approximate surface area is 149 Å². The standard InChI is InChI=1S/C16H19N3O5S/c1-9-14(23-10(2)20)13(18-19-17)15(24-11(3)21)16(22-9)25-12-7-5-4-6-8-12/h4-9,13-16H,1-3H3/t9-,13+,14-,15+,16+/m0/s1. The fraction of sp³-hybridized carbons (Fsp3) is 0.500. The molecule has 134 valence electrons. The number of carbonyl (C=O) groups excluding carboxylic acids is 2. The van der Waals surface area contributed by atoms with E-state index in [-0.39, 0.29) is 0 Å². The molecule has 25 heavy (non-hydrogen) atoms. The SMILES string of the molecule is CC(=O)O[C@@H]1[C@@H](N=[N+]=[N-])[C@@H](OC(C)=O)[C@@H](Sc2ccccc2)O[C@H]1C. The zero-order valence-corrected chi connectivity index (χ0v) is 14.9. The first-order chi connectivity index (χ1) is 11.9. The van der Waals surface area contributed by atoms with Crippen LogP contribution in [0.2, 0.25) is 0 Å². The Morgan fingerprint density at radius 1 is 1.16 bits per heavy atom. The number of esters is 2. The highest BCUT2D eigenvalue weighted by Gasteiger charge is 2.48. The van der Waals surface area contributed by atoms with E-state index in [0.717, 1.165) is 4.90 Å². The van der Waals surface area contributed by atoms with Crippen molar-refractivity contribution in [1.82, 2.24) is 0 Å². The largest absolute Gasteiger partial charge is 0.459 e. The van der Waals surface area contributed by atoms with Crippen LogP contribution in [0, 0.1) is 0 Å². The van der Waals surface area contributed by atoms with Gasteiger partial charge in [-0.05, 0) is 24.6 Å². The van der Waals surface area contributed by atoms with E-state index in [1.165, 1.54) is 25.6 Å². The van der Waals surface area contributed by atoms with Gasteiger partial charge in [0.05, 0.1) is 6.10 Å². The summed E-state index contributed by atoms with van der Waals surface area (Å²) in [6, 6.07) is 8.54. The van der Waals surface area contributed by atoms with Crippen molar-refractivity contribution in [3.63, 3.8) is 0 Å². The van der Waals surface area contributed by atoms with Crippen molar-refractivity contribution < 1.29 is 23.8 Å². The van der Waals surface area contributed by atoms with Crippen LogP contribution in [0.4, 0.5) is 0 Å². The van der Waals surface area contributed by atoms with Crippen LogP contribution in [0.25, 0.3) is 10.4 Å². The van der Waals surface area contributed by atoms with Crippen LogP contribution in [0.1, 0.15) is 20.8 Å². The van der Waals surface area contributed by atoms with Crippen LogP contribution in [0.3, 0.4) is 0 Å². The number of azide groups is 1. The third-order valence-electron chi connectivity index (χ3n) is 3.54. The van der Waals surface area contributed by atoms with Gasteiger partial charge in [0.1, 0.15) is 23.7 Å². The first-order valence-electron chi connectivity index (χ1n) is 7.68. The molecule has 1 heterocycles. The minimum absolute atomic E-state index is 0.533. The van der Waals surface area contributed by atoms with Crippen molar-refractivity contribution in [2.45, 2.75) is 55.5 Å². The van der Waals surface area contributed by atoms with E-state index in [4.69, 9.17) is 19.7 Å². The molecule has 0 amide bonds. The molecule has 1 fully saturated rings. The summed E-state index contributed by atoms with van der Waals surface area (Å²) in [6.07, 6.45) is -2.27. The average Bonchev–Trinajstić information content (AvgIpc) is 2.55. The van der Waals surface area contributed by atoms with Crippen molar-refractivity contribution in [2.24, 2.45) is 5.11 Å². The molecular formula is C16H19N3O5S. The predicted molar refractivity (Wildman–Crippen MR) is 90.7 cm³/mol. The van der Waals surface area contributed by atoms with Crippen LogP contribution in [-0.4, -0.2) is 41.7 Å². The number of hydrogen-bond donors (Lipinski definition) is 0. The lowest BCUT2D eigenvalue weighted by atomic mass is 9.98. The van der Waals surface area contributed by atoms with E-state index >= 15 is 0 Å². The van der Waals surface area contributed by atoms with E-state index in [1.54, 1.807) is 6.92 Å². The first kappa shape index (κ1) is 19.1. The maximum atomic E-state index is 11.5. The van der Waals surface area contributed by atoms with E-state index in [0.29, 0.717) is 0 Å². The lowest BCUT2D eigenvalue weighted by Crippen LogP contribution is -2.57. The van der Waals surface area contributed by atoms with Crippen molar-refractivity contribution in [3.05, 3.63) is 40.8 Å². The second kappa shape index (κ2) is 8.75. The quantitative estimate of drug-likeness (QED) is 0.343. The van der Waals surface area contributed by atoms with Gasteiger partial charge in [-0.2, -0.15) is 0 Å². The Hall–Kier alpha value is -2.22. The van der Waals surface area contributed by atoms with Crippen molar-refractivity contribution in [2.75, 3.05) is 0 Å². The molecule has 0 bridgehead atoms. The van der Waals surface area contributed by atoms with Gasteiger partial charge in [0, 0.05) is 23.7 Å². The third kappa shape index (κ3) is 5.12. The average molecular weight is 365 g/mol. The fourth-order valence-corrected chi connectivity index (χ4v) is 3.75. The molecule has 0 aliphatic carbocycles. The molecule has 9 heteroatoms. The van der Waals surface area contributed by atoms with Crippen LogP contribution in [0.5, 0.6) is 0 Å². The Morgan fingerprint density at radius 2 is 1.76 bits per heavy atom. The van der Waals surface area contributed by atoms with Crippen LogP contribution in [-0.2, 0) is 23.8 Å². The smallest absolute Gasteiger partial charge is 0.303 e. The second-order valence-electron chi connectivity index (χ2n) is 5.48. The summed E-state index contributed by atoms with van der Waals surface area (Å²) in [7, 11) is 0. The molecule has 1 saturated heterocycles. The minimum Gasteiger partial charge on any atom is -0.459 e. The summed E-state index contributed by atoms with van der Waals surface area (Å²) in [4.78, 5) is 26.7. The zero-order valence-electron chi connectivity index (χ0n) is 14.1. The molecule has 1 aliphatic rings. The molecule has 0 aromatic heterocycles. The maximum absolute atomic E-state index is 11.5. The monoisotopic (exact) mass is 365 g/mol. The highest BCUT2D eigenvalue weighted by Crippen LogP contribution is 2.37. The molecule has 0 unspecified atom stereocenters. The van der Waals surface area contributed by atoms with Gasteiger partial charge < -0.3 is 14.2 Å². The summed E-state index contributed by atoms with van der Waals surface area (Å²) < 4.78 is 16.5. The molecule has 0 N–H and O–H groups in total. The molecule has 0 spiro atoms. The fourth-order valence-electron chi connectivity index (χ4n) is 2.59. The normalized spacial score (nSPS) is 28.5. The number of rotatable bonds is 5. The number of hydrogen-bond acceptors (Lipinski definition) is 7. The molecular weight excluding hydrogens is 346 g/mol. The van der Waals surface area contributed by atoms with E-state index < -0.39 is 41.7 Å². The van der Waals surface area contributed by atoms with E-state index in [1.807, 2.05) is 30.3 Å². The summed E-state index contributed by atoms with van der Waals surface area (Å²) in [6.45, 7) is 4.23. The zero-order chi connectivity index (χ0) is 18.4. The number of benzene rings is 1. The number of nitrogens with zero attached hydrogens (tertiary/aromatic N) is 3. The molecule has 8 nitrogen and oxygen atoms in total. The van der Waals surface area contributed by atoms with Gasteiger partial charge in [0.15, 0.2) is 0 Å². The second-order valence-corrected chi connectivity index (χ2v) is 6.66. The van der Waals surface area contributed by atoms with Gasteiger partial charge in [0.25, 0.3) is 0 Å². The highest BCUT2D eigenvalue weighted by atomic mass is 32.2. The van der Waals surface area contributed by atoms with Gasteiger partial charge in [-0.1, -0.05) is 35.1 Å². The maximum Gasteiger partial charge on any atom is 0.303 e. The van der Waals surface area contributed by atoms with Crippen LogP contribution >= 0.6 is 11.8 Å². The summed E-state index contributed by atoms with van der Waals surface area (Å²) in [5, 5.41) is 3.73. The van der Waals surface area contributed by atoms with Gasteiger partial charge in [-0.3, -0.25) is 9.59 Å². The van der Waals surface area contributed by atoms with E-state index in [2.05, 4.69) is 10.0 Å². The molecule has 0 radical (unpaired) electrons. The van der Waals surface area contributed by atoms with Gasteiger partial charge in [0.2, 0.25) is 0 Å². The molecule has 2 rings (SSSR count). The predicted octanol–water partition coefficient (Wildman–Crippen LogP) is 3.07. The summed E-state index contributed by atoms with van der Waals surface area (Å²) in [5.74, 6) is -1.07. The highest BCUT2D eigenvalue weighted by molar-refractivity contribution is 7.99. The lowest BCUT2D eigenvalue weighted by Gasteiger charge is -2.42. The number of ether oxygens (including phenoxy) is 3. The Kier molecular flexibility index (Phi) is 6.69. The van der Waals surface area contributed by atoms with Crippen molar-refractivity contribution in [1.29, 1.82) is 0 Å². The molecule has 0 saturated carbocycles. The van der Waals surface area contributed by atoms with Gasteiger partial charge in [-0.15, -0.1) is 0 Å². The number of carbonyl (C=O) groups is 2. The van der Waals surface area contributed by atoms with Crippen molar-refractivity contribution >= 4 is 23.7 Å². The van der Waals surface area contributed by atoms with Gasteiger partial charge >= 0.3 is 11.9 Å². The Morgan fingerprint density at radius 3 is 2.32 bits per heavy atom. The molecule has 1 aliphatic heterocycles. The van der Waals surface area contributed by atoms with Crippen molar-refractivity contribution in [3.8, 4) is 0 Å². The topological polar surface area (TPSA) is 111 Å². The molecule has 5 atom stereocenters. The van der Waals surface area contributed by atoms with Gasteiger partial charge in [-0.25, -0.2) is 0 Å². The van der Waals surface area contributed by atoms with Crippen LogP contribution in [0.15, 0.2) is 40.3 Å². The Balaban J connectivity index is 2.33. The molecule has 1 aromatic rings. The summed E-state index contributed by atoms with van der Waals surface area (Å²) in [5.41, 5.74) is 8.31. The molecule has 1 aromatic carbocycles. The van der Waals surface area contributed by atoms with E-state index in [9.17, 15) is 9.59 Å². The minimum atomic E-state index is -0.890. The first-order valence-corrected chi connectivity index (χ1v) is 8.56. The Bertz CT molecular complexity index is 665. The van der Waals surface area contributed by atoms with Crippen LogP contribution < -0.4 is 0 Å².